The largest absolute Gasteiger partial charge is 0.325 e. The van der Waals surface area contributed by atoms with Crippen LogP contribution >= 0.6 is 0 Å². The molecule has 0 unspecified atom stereocenters. The quantitative estimate of drug-likeness (QED) is 0.422. The van der Waals surface area contributed by atoms with E-state index in [-0.39, 0.29) is 6.04 Å². The fraction of sp³-hybridized carbons (Fsp3) is 0.250. The van der Waals surface area contributed by atoms with Gasteiger partial charge in [0.15, 0.2) is 5.69 Å². The first kappa shape index (κ1) is 17.6. The lowest BCUT2D eigenvalue weighted by molar-refractivity contribution is 0.0706. The molecule has 1 amide bonds. The van der Waals surface area contributed by atoms with Gasteiger partial charge in [-0.2, -0.15) is 0 Å². The van der Waals surface area contributed by atoms with Crippen molar-refractivity contribution in [3.8, 4) is 0 Å². The Morgan fingerprint density at radius 2 is 2.12 bits per heavy atom. The molecule has 0 radical (unpaired) electrons. The molecule has 3 rings (SSSR count). The van der Waals surface area contributed by atoms with Crippen molar-refractivity contribution in [2.24, 2.45) is 0 Å². The molecule has 6 nitrogen and oxygen atoms in total. The summed E-state index contributed by atoms with van der Waals surface area (Å²) in [4.78, 5) is 19.9. The zero-order valence-corrected chi connectivity index (χ0v) is 14.9. The molecule has 132 valence electrons. The van der Waals surface area contributed by atoms with E-state index in [1.807, 2.05) is 25.1 Å². The molecule has 3 aromatic rings. The number of fused-ring (bicyclic) bond motifs is 1. The maximum atomic E-state index is 11.6. The lowest BCUT2D eigenvalue weighted by Crippen LogP contribution is -2.18. The zero-order valence-electron chi connectivity index (χ0n) is 14.9. The van der Waals surface area contributed by atoms with E-state index in [1.165, 1.54) is 0 Å². The summed E-state index contributed by atoms with van der Waals surface area (Å²) < 4.78 is 2.16. The van der Waals surface area contributed by atoms with Gasteiger partial charge in [-0.15, -0.1) is 0 Å². The van der Waals surface area contributed by atoms with E-state index in [9.17, 15) is 4.79 Å². The highest BCUT2D eigenvalue weighted by Crippen LogP contribution is 2.29. The average molecular weight is 348 g/mol. The van der Waals surface area contributed by atoms with Gasteiger partial charge in [-0.1, -0.05) is 12.1 Å². The van der Waals surface area contributed by atoms with Gasteiger partial charge >= 0.3 is 0 Å². The third-order valence-corrected chi connectivity index (χ3v) is 4.37. The molecule has 0 saturated heterocycles. The third kappa shape index (κ3) is 3.17. The predicted molar refractivity (Wildman–Crippen MR) is 99.6 cm³/mol. The fourth-order valence-electron chi connectivity index (χ4n) is 3.18. The number of carbonyl (C=O) groups is 1. The minimum atomic E-state index is -0.540. The number of aryl methyl sites for hydroxylation is 1. The molecule has 26 heavy (non-hydrogen) atoms. The van der Waals surface area contributed by atoms with Gasteiger partial charge in [0.25, 0.3) is 5.91 Å². The maximum Gasteiger partial charge on any atom is 0.274 e. The number of aromatic nitrogens is 2. The first-order valence-electron chi connectivity index (χ1n) is 8.37. The van der Waals surface area contributed by atoms with Gasteiger partial charge in [-0.05, 0) is 56.2 Å². The van der Waals surface area contributed by atoms with E-state index < -0.39 is 5.91 Å². The van der Waals surface area contributed by atoms with Crippen LogP contribution in [-0.2, 0) is 6.42 Å². The number of nitrogens with zero attached hydrogens (tertiary/aromatic N) is 3. The summed E-state index contributed by atoms with van der Waals surface area (Å²) >= 11 is 0. The molecule has 0 spiro atoms. The summed E-state index contributed by atoms with van der Waals surface area (Å²) in [7, 11) is 0. The van der Waals surface area contributed by atoms with Gasteiger partial charge in [0.05, 0.1) is 17.6 Å². The second kappa shape index (κ2) is 6.98. The summed E-state index contributed by atoms with van der Waals surface area (Å²) in [6.07, 6.45) is 0.547. The molecule has 0 bridgehead atoms. The highest BCUT2D eigenvalue weighted by atomic mass is 16.5. The summed E-state index contributed by atoms with van der Waals surface area (Å²) in [6.45, 7) is 13.4. The minimum absolute atomic E-state index is 0.206. The topological polar surface area (TPSA) is 71.5 Å². The minimum Gasteiger partial charge on any atom is -0.325 e. The third-order valence-electron chi connectivity index (χ3n) is 4.37. The number of benzene rings is 2. The highest BCUT2D eigenvalue weighted by Gasteiger charge is 2.16. The molecule has 1 heterocycles. The molecule has 0 aliphatic carbocycles. The van der Waals surface area contributed by atoms with E-state index in [4.69, 9.17) is 16.8 Å². The van der Waals surface area contributed by atoms with Crippen LogP contribution in [0.2, 0.25) is 0 Å². The van der Waals surface area contributed by atoms with E-state index in [1.54, 1.807) is 23.7 Å². The number of hydrogen-bond donors (Lipinski definition) is 2. The standard InChI is InChI=1S/C20H20N4O2/c1-12(2)24-18-8-13(3)16(21-4)11-17(18)22-19(24)10-14-6-5-7-15(9-14)20(25)23-26/h5-9,11-12,26H,10H2,1-3H3,(H,23,25). The fourth-order valence-corrected chi connectivity index (χ4v) is 3.18. The number of rotatable bonds is 4. The molecule has 0 aliphatic rings. The Morgan fingerprint density at radius 3 is 2.77 bits per heavy atom. The first-order valence-corrected chi connectivity index (χ1v) is 8.37. The van der Waals surface area contributed by atoms with Gasteiger partial charge in [0.1, 0.15) is 5.82 Å². The second-order valence-electron chi connectivity index (χ2n) is 6.55. The number of amides is 1. The van der Waals surface area contributed by atoms with Crippen LogP contribution in [0.4, 0.5) is 5.69 Å². The summed E-state index contributed by atoms with van der Waals surface area (Å²) in [5.74, 6) is 0.333. The monoisotopic (exact) mass is 348 g/mol. The van der Waals surface area contributed by atoms with Crippen molar-refractivity contribution in [3.63, 3.8) is 0 Å². The van der Waals surface area contributed by atoms with Crippen LogP contribution in [0.15, 0.2) is 36.4 Å². The van der Waals surface area contributed by atoms with Crippen molar-refractivity contribution >= 4 is 22.6 Å². The normalized spacial score (nSPS) is 10.9. The van der Waals surface area contributed by atoms with E-state index in [0.717, 1.165) is 28.0 Å². The van der Waals surface area contributed by atoms with Crippen molar-refractivity contribution in [1.82, 2.24) is 15.0 Å². The Bertz CT molecular complexity index is 1030. The van der Waals surface area contributed by atoms with Gasteiger partial charge in [-0.3, -0.25) is 10.0 Å². The van der Waals surface area contributed by atoms with Crippen molar-refractivity contribution in [3.05, 3.63) is 70.3 Å². The molecule has 0 fully saturated rings. The Kier molecular flexibility index (Phi) is 4.74. The number of hydroxylamine groups is 1. The van der Waals surface area contributed by atoms with Crippen LogP contribution in [-0.4, -0.2) is 20.7 Å². The van der Waals surface area contributed by atoms with Crippen molar-refractivity contribution in [1.29, 1.82) is 0 Å². The predicted octanol–water partition coefficient (Wildman–Crippen LogP) is 4.19. The molecule has 0 aliphatic heterocycles. The molecular formula is C20H20N4O2. The Balaban J connectivity index is 2.09. The summed E-state index contributed by atoms with van der Waals surface area (Å²) in [5.41, 5.74) is 6.32. The second-order valence-corrected chi connectivity index (χ2v) is 6.55. The van der Waals surface area contributed by atoms with Crippen molar-refractivity contribution in [2.75, 3.05) is 0 Å². The van der Waals surface area contributed by atoms with Crippen molar-refractivity contribution < 1.29 is 10.0 Å². The SMILES string of the molecule is [C-]#[N+]c1cc2nc(Cc3cccc(C(=O)NO)c3)n(C(C)C)c2cc1C. The maximum absolute atomic E-state index is 11.6. The zero-order chi connectivity index (χ0) is 18.8. The highest BCUT2D eigenvalue weighted by molar-refractivity contribution is 5.93. The van der Waals surface area contributed by atoms with E-state index in [2.05, 4.69) is 23.3 Å². The lowest BCUT2D eigenvalue weighted by atomic mass is 10.1. The summed E-state index contributed by atoms with van der Waals surface area (Å²) in [5, 5.41) is 8.82. The molecule has 2 aromatic carbocycles. The Morgan fingerprint density at radius 1 is 1.35 bits per heavy atom. The van der Waals surface area contributed by atoms with Crippen LogP contribution in [0.25, 0.3) is 15.9 Å². The Hall–Kier alpha value is -3.17. The van der Waals surface area contributed by atoms with Crippen LogP contribution in [0.1, 0.15) is 47.2 Å². The molecular weight excluding hydrogens is 328 g/mol. The van der Waals surface area contributed by atoms with Crippen molar-refractivity contribution in [2.45, 2.75) is 33.2 Å². The molecule has 0 saturated carbocycles. The van der Waals surface area contributed by atoms with Gasteiger partial charge < -0.3 is 4.57 Å². The van der Waals surface area contributed by atoms with E-state index >= 15 is 0 Å². The molecule has 2 N–H and O–H groups in total. The van der Waals surface area contributed by atoms with Crippen LogP contribution in [0.3, 0.4) is 0 Å². The smallest absolute Gasteiger partial charge is 0.274 e. The number of hydrogen-bond acceptors (Lipinski definition) is 3. The van der Waals surface area contributed by atoms with Gasteiger partial charge in [0.2, 0.25) is 0 Å². The van der Waals surface area contributed by atoms with Crippen LogP contribution in [0.5, 0.6) is 0 Å². The lowest BCUT2D eigenvalue weighted by Gasteiger charge is -2.14. The molecule has 6 heteroatoms. The van der Waals surface area contributed by atoms with Crippen LogP contribution < -0.4 is 5.48 Å². The summed E-state index contributed by atoms with van der Waals surface area (Å²) in [6, 6.07) is 11.1. The van der Waals surface area contributed by atoms with Crippen LogP contribution in [0, 0.1) is 13.5 Å². The number of nitrogens with one attached hydrogen (secondary N) is 1. The average Bonchev–Trinajstić information content (AvgIpc) is 2.97. The molecule has 0 atom stereocenters. The number of imidazole rings is 1. The number of carbonyl (C=O) groups excluding carboxylic acids is 1. The van der Waals surface area contributed by atoms with E-state index in [0.29, 0.717) is 17.7 Å². The first-order chi connectivity index (χ1) is 12.4. The van der Waals surface area contributed by atoms with Gasteiger partial charge in [0, 0.05) is 18.0 Å². The Labute approximate surface area is 151 Å². The van der Waals surface area contributed by atoms with Gasteiger partial charge in [-0.25, -0.2) is 15.3 Å². The molecule has 1 aromatic heterocycles.